The van der Waals surface area contributed by atoms with E-state index >= 15 is 0 Å². The third kappa shape index (κ3) is 3.06. The Labute approximate surface area is 117 Å². The van der Waals surface area contributed by atoms with Crippen LogP contribution in [0.4, 0.5) is 0 Å². The van der Waals surface area contributed by atoms with Crippen LogP contribution in [0.25, 0.3) is 0 Å². The van der Waals surface area contributed by atoms with Crippen LogP contribution in [0.3, 0.4) is 0 Å². The minimum atomic E-state index is -0.259. The minimum absolute atomic E-state index is 0.259. The second-order valence-corrected chi connectivity index (χ2v) is 4.04. The summed E-state index contributed by atoms with van der Waals surface area (Å²) in [4.78, 5) is 16.4. The van der Waals surface area contributed by atoms with Crippen LogP contribution in [0.15, 0.2) is 42.6 Å². The Morgan fingerprint density at radius 1 is 1.10 bits per heavy atom. The van der Waals surface area contributed by atoms with Gasteiger partial charge in [-0.1, -0.05) is 12.1 Å². The quantitative estimate of drug-likeness (QED) is 0.904. The van der Waals surface area contributed by atoms with Gasteiger partial charge in [-0.15, -0.1) is 0 Å². The number of pyridine rings is 1. The number of amides is 1. The molecule has 0 atom stereocenters. The molecule has 5 nitrogen and oxygen atoms in total. The normalized spacial score (nSPS) is 9.90. The summed E-state index contributed by atoms with van der Waals surface area (Å²) in [5.74, 6) is 0.690. The van der Waals surface area contributed by atoms with Gasteiger partial charge in [0.2, 0.25) is 0 Å². The Morgan fingerprint density at radius 2 is 1.80 bits per heavy atom. The largest absolute Gasteiger partial charge is 0.496 e. The van der Waals surface area contributed by atoms with E-state index in [2.05, 4.69) is 10.3 Å². The molecule has 1 N–H and O–H groups in total. The van der Waals surface area contributed by atoms with Crippen LogP contribution < -0.4 is 14.8 Å². The molecule has 0 fully saturated rings. The second kappa shape index (κ2) is 6.56. The van der Waals surface area contributed by atoms with Crippen molar-refractivity contribution in [3.8, 4) is 11.5 Å². The standard InChI is InChI=1S/C15H16N2O3/c1-19-12-7-5-8-13(20-2)14(12)15(18)17-10-11-6-3-4-9-16-11/h3-9H,10H2,1-2H3,(H,17,18). The van der Waals surface area contributed by atoms with E-state index in [1.165, 1.54) is 14.2 Å². The molecule has 0 radical (unpaired) electrons. The van der Waals surface area contributed by atoms with Crippen LogP contribution in [0.5, 0.6) is 11.5 Å². The van der Waals surface area contributed by atoms with Gasteiger partial charge in [0.1, 0.15) is 17.1 Å². The summed E-state index contributed by atoms with van der Waals surface area (Å²) < 4.78 is 10.4. The first kappa shape index (κ1) is 13.9. The number of benzene rings is 1. The Morgan fingerprint density at radius 3 is 2.35 bits per heavy atom. The van der Waals surface area contributed by atoms with Crippen molar-refractivity contribution in [3.05, 3.63) is 53.9 Å². The lowest BCUT2D eigenvalue weighted by Gasteiger charge is -2.12. The highest BCUT2D eigenvalue weighted by Crippen LogP contribution is 2.27. The van der Waals surface area contributed by atoms with Crippen molar-refractivity contribution in [1.82, 2.24) is 10.3 Å². The number of carbonyl (C=O) groups is 1. The van der Waals surface area contributed by atoms with Gasteiger partial charge in [-0.05, 0) is 24.3 Å². The van der Waals surface area contributed by atoms with E-state index in [0.717, 1.165) is 5.69 Å². The second-order valence-electron chi connectivity index (χ2n) is 4.04. The van der Waals surface area contributed by atoms with E-state index in [0.29, 0.717) is 23.6 Å². The lowest BCUT2D eigenvalue weighted by atomic mass is 10.1. The average molecular weight is 272 g/mol. The van der Waals surface area contributed by atoms with Crippen molar-refractivity contribution in [1.29, 1.82) is 0 Å². The molecule has 0 saturated heterocycles. The average Bonchev–Trinajstić information content (AvgIpc) is 2.52. The van der Waals surface area contributed by atoms with Crippen molar-refractivity contribution in [2.24, 2.45) is 0 Å². The molecule has 1 aromatic heterocycles. The van der Waals surface area contributed by atoms with Gasteiger partial charge >= 0.3 is 0 Å². The maximum Gasteiger partial charge on any atom is 0.259 e. The summed E-state index contributed by atoms with van der Waals surface area (Å²) in [6.45, 7) is 0.348. The van der Waals surface area contributed by atoms with Crippen LogP contribution in [-0.4, -0.2) is 25.1 Å². The van der Waals surface area contributed by atoms with Crippen molar-refractivity contribution < 1.29 is 14.3 Å². The molecule has 0 bridgehead atoms. The smallest absolute Gasteiger partial charge is 0.259 e. The summed E-state index contributed by atoms with van der Waals surface area (Å²) in [5, 5.41) is 2.80. The zero-order valence-corrected chi connectivity index (χ0v) is 11.4. The fourth-order valence-electron chi connectivity index (χ4n) is 1.84. The zero-order valence-electron chi connectivity index (χ0n) is 11.4. The number of carbonyl (C=O) groups excluding carboxylic acids is 1. The van der Waals surface area contributed by atoms with E-state index in [1.54, 1.807) is 24.4 Å². The van der Waals surface area contributed by atoms with Crippen LogP contribution in [-0.2, 0) is 6.54 Å². The highest BCUT2D eigenvalue weighted by Gasteiger charge is 2.17. The van der Waals surface area contributed by atoms with Gasteiger partial charge in [0, 0.05) is 6.20 Å². The highest BCUT2D eigenvalue weighted by atomic mass is 16.5. The first-order valence-corrected chi connectivity index (χ1v) is 6.15. The first-order valence-electron chi connectivity index (χ1n) is 6.15. The van der Waals surface area contributed by atoms with Crippen molar-refractivity contribution in [3.63, 3.8) is 0 Å². The van der Waals surface area contributed by atoms with Gasteiger partial charge in [-0.25, -0.2) is 0 Å². The first-order chi connectivity index (χ1) is 9.76. The molecule has 1 aromatic carbocycles. The fraction of sp³-hybridized carbons (Fsp3) is 0.200. The number of nitrogens with zero attached hydrogens (tertiary/aromatic N) is 1. The molecular weight excluding hydrogens is 256 g/mol. The molecule has 0 aliphatic heterocycles. The number of methoxy groups -OCH3 is 2. The lowest BCUT2D eigenvalue weighted by Crippen LogP contribution is -2.24. The number of ether oxygens (including phenoxy) is 2. The van der Waals surface area contributed by atoms with E-state index in [-0.39, 0.29) is 5.91 Å². The third-order valence-corrected chi connectivity index (χ3v) is 2.81. The van der Waals surface area contributed by atoms with Gasteiger partial charge in [0.05, 0.1) is 26.5 Å². The number of rotatable bonds is 5. The number of hydrogen-bond acceptors (Lipinski definition) is 4. The Hall–Kier alpha value is -2.56. The molecule has 0 unspecified atom stereocenters. The monoisotopic (exact) mass is 272 g/mol. The minimum Gasteiger partial charge on any atom is -0.496 e. The Balaban J connectivity index is 2.16. The van der Waals surface area contributed by atoms with Crippen LogP contribution in [0.1, 0.15) is 16.1 Å². The number of nitrogens with one attached hydrogen (secondary N) is 1. The molecule has 0 saturated carbocycles. The Bertz CT molecular complexity index is 563. The summed E-state index contributed by atoms with van der Waals surface area (Å²) in [7, 11) is 3.04. The third-order valence-electron chi connectivity index (χ3n) is 2.81. The van der Waals surface area contributed by atoms with Crippen LogP contribution in [0, 0.1) is 0 Å². The predicted octanol–water partition coefficient (Wildman–Crippen LogP) is 2.03. The number of hydrogen-bond donors (Lipinski definition) is 1. The predicted molar refractivity (Wildman–Crippen MR) is 75.0 cm³/mol. The van der Waals surface area contributed by atoms with Gasteiger partial charge in [0.15, 0.2) is 0 Å². The van der Waals surface area contributed by atoms with Gasteiger partial charge in [0.25, 0.3) is 5.91 Å². The van der Waals surface area contributed by atoms with Gasteiger partial charge in [-0.3, -0.25) is 9.78 Å². The van der Waals surface area contributed by atoms with E-state index in [9.17, 15) is 4.79 Å². The summed E-state index contributed by atoms with van der Waals surface area (Å²) in [6.07, 6.45) is 1.69. The van der Waals surface area contributed by atoms with E-state index in [1.807, 2.05) is 18.2 Å². The van der Waals surface area contributed by atoms with Crippen molar-refractivity contribution in [2.75, 3.05) is 14.2 Å². The van der Waals surface area contributed by atoms with Crippen molar-refractivity contribution >= 4 is 5.91 Å². The molecule has 2 rings (SSSR count). The van der Waals surface area contributed by atoms with Crippen molar-refractivity contribution in [2.45, 2.75) is 6.54 Å². The molecule has 2 aromatic rings. The summed E-state index contributed by atoms with van der Waals surface area (Å²) in [6, 6.07) is 10.8. The molecule has 104 valence electrons. The maximum atomic E-state index is 12.3. The van der Waals surface area contributed by atoms with Crippen LogP contribution in [0.2, 0.25) is 0 Å². The summed E-state index contributed by atoms with van der Waals surface area (Å²) >= 11 is 0. The van der Waals surface area contributed by atoms with Gasteiger partial charge < -0.3 is 14.8 Å². The molecule has 5 heteroatoms. The molecule has 0 aliphatic rings. The molecule has 1 heterocycles. The SMILES string of the molecule is COc1cccc(OC)c1C(=O)NCc1ccccn1. The topological polar surface area (TPSA) is 60.5 Å². The maximum absolute atomic E-state index is 12.3. The molecule has 1 amide bonds. The lowest BCUT2D eigenvalue weighted by molar-refractivity contribution is 0.0944. The summed E-state index contributed by atoms with van der Waals surface area (Å²) in [5.41, 5.74) is 1.17. The van der Waals surface area contributed by atoms with Crippen LogP contribution >= 0.6 is 0 Å². The van der Waals surface area contributed by atoms with E-state index in [4.69, 9.17) is 9.47 Å². The molecule has 0 aliphatic carbocycles. The molecular formula is C15H16N2O3. The molecule has 0 spiro atoms. The highest BCUT2D eigenvalue weighted by molar-refractivity contribution is 5.99. The zero-order chi connectivity index (χ0) is 14.4. The van der Waals surface area contributed by atoms with Gasteiger partial charge in [-0.2, -0.15) is 0 Å². The van der Waals surface area contributed by atoms with E-state index < -0.39 is 0 Å². The number of aromatic nitrogens is 1. The molecule has 20 heavy (non-hydrogen) atoms. The fourth-order valence-corrected chi connectivity index (χ4v) is 1.84. The Kier molecular flexibility index (Phi) is 4.55.